The van der Waals surface area contributed by atoms with E-state index in [4.69, 9.17) is 5.73 Å². The first-order valence-electron chi connectivity index (χ1n) is 6.27. The molecule has 0 radical (unpaired) electrons. The molecule has 0 amide bonds. The number of likely N-dealkylation sites (tertiary alicyclic amines) is 1. The van der Waals surface area contributed by atoms with Crippen molar-refractivity contribution in [3.8, 4) is 0 Å². The fraction of sp³-hybridized carbons (Fsp3) is 0.462. The largest absolute Gasteiger partial charge is 0.369 e. The molecule has 0 spiro atoms. The minimum atomic E-state index is -0.304. The number of hydrogen-bond donors (Lipinski definition) is 1. The number of nitrogens with zero attached hydrogens (tertiary/aromatic N) is 3. The van der Waals surface area contributed by atoms with Crippen LogP contribution in [0.1, 0.15) is 18.9 Å². The zero-order valence-electron chi connectivity index (χ0n) is 10.4. The second-order valence-corrected chi connectivity index (χ2v) is 5.01. The number of aromatic nitrogens is 2. The number of hydrogen-bond acceptors (Lipinski definition) is 3. The Morgan fingerprint density at radius 1 is 1.44 bits per heavy atom. The smallest absolute Gasteiger partial charge is 0.201 e. The summed E-state index contributed by atoms with van der Waals surface area (Å²) < 4.78 is 15.7. The molecule has 1 atom stereocenters. The molecule has 2 aromatic rings. The third-order valence-electron chi connectivity index (χ3n) is 3.66. The molecule has 1 fully saturated rings. The fourth-order valence-corrected chi connectivity index (χ4v) is 2.83. The maximum absolute atomic E-state index is 13.7. The molecule has 96 valence electrons. The highest BCUT2D eigenvalue weighted by Crippen LogP contribution is 2.29. The first-order chi connectivity index (χ1) is 8.66. The quantitative estimate of drug-likeness (QED) is 0.840. The molecule has 1 aliphatic rings. The Kier molecular flexibility index (Phi) is 2.70. The summed E-state index contributed by atoms with van der Waals surface area (Å²) in [4.78, 5) is 6.44. The zero-order chi connectivity index (χ0) is 12.7. The van der Waals surface area contributed by atoms with Crippen molar-refractivity contribution in [3.05, 3.63) is 24.0 Å². The molecule has 1 unspecified atom stereocenters. The number of anilines is 1. The predicted octanol–water partition coefficient (Wildman–Crippen LogP) is 2.02. The summed E-state index contributed by atoms with van der Waals surface area (Å²) in [5, 5.41) is 0. The third-order valence-corrected chi connectivity index (χ3v) is 3.66. The molecule has 2 N–H and O–H groups in total. The molecular formula is C13H17FN4. The van der Waals surface area contributed by atoms with Crippen LogP contribution >= 0.6 is 0 Å². The van der Waals surface area contributed by atoms with Crippen LogP contribution in [0.4, 0.5) is 10.3 Å². The molecule has 18 heavy (non-hydrogen) atoms. The Morgan fingerprint density at radius 2 is 2.28 bits per heavy atom. The summed E-state index contributed by atoms with van der Waals surface area (Å²) in [6.07, 6.45) is 2.20. The standard InChI is InChI=1S/C13H17FN4/c1-17-7-3-4-9(8-17)18-11-6-2-5-10(14)12(11)16-13(18)15/h2,5-6,9H,3-4,7-8H2,1H3,(H2,15,16). The van der Waals surface area contributed by atoms with E-state index in [1.807, 2.05) is 10.6 Å². The number of halogens is 1. The average molecular weight is 248 g/mol. The van der Waals surface area contributed by atoms with Crippen LogP contribution in [0.2, 0.25) is 0 Å². The molecule has 0 aliphatic carbocycles. The third kappa shape index (κ3) is 1.75. The SMILES string of the molecule is CN1CCCC(n2c(N)nc3c(F)cccc32)C1. The van der Waals surface area contributed by atoms with Gasteiger partial charge in [0, 0.05) is 12.6 Å². The molecule has 1 aromatic carbocycles. The molecule has 1 aromatic heterocycles. The Morgan fingerprint density at radius 3 is 3.06 bits per heavy atom. The highest BCUT2D eigenvalue weighted by molar-refractivity contribution is 5.79. The number of nitrogen functional groups attached to an aromatic ring is 1. The van der Waals surface area contributed by atoms with E-state index in [1.165, 1.54) is 6.07 Å². The lowest BCUT2D eigenvalue weighted by atomic mass is 10.1. The lowest BCUT2D eigenvalue weighted by molar-refractivity contribution is 0.216. The molecule has 1 aliphatic heterocycles. The van der Waals surface area contributed by atoms with E-state index in [9.17, 15) is 4.39 Å². The van der Waals surface area contributed by atoms with Crippen molar-refractivity contribution < 1.29 is 4.39 Å². The van der Waals surface area contributed by atoms with Gasteiger partial charge in [-0.05, 0) is 38.6 Å². The normalized spacial score (nSPS) is 21.6. The maximum atomic E-state index is 13.7. The van der Waals surface area contributed by atoms with E-state index >= 15 is 0 Å². The Balaban J connectivity index is 2.10. The molecule has 1 saturated heterocycles. The van der Waals surface area contributed by atoms with Crippen LogP contribution in [-0.2, 0) is 0 Å². The van der Waals surface area contributed by atoms with Crippen molar-refractivity contribution in [2.45, 2.75) is 18.9 Å². The van der Waals surface area contributed by atoms with Crippen LogP contribution in [-0.4, -0.2) is 34.6 Å². The Labute approximate surface area is 105 Å². The van der Waals surface area contributed by atoms with Crippen LogP contribution in [0.15, 0.2) is 18.2 Å². The summed E-state index contributed by atoms with van der Waals surface area (Å²) in [6, 6.07) is 5.31. The molecule has 2 heterocycles. The topological polar surface area (TPSA) is 47.1 Å². The Hall–Kier alpha value is -1.62. The number of imidazole rings is 1. The highest BCUT2D eigenvalue weighted by Gasteiger charge is 2.23. The number of benzene rings is 1. The van der Waals surface area contributed by atoms with Gasteiger partial charge < -0.3 is 15.2 Å². The lowest BCUT2D eigenvalue weighted by Gasteiger charge is -2.31. The predicted molar refractivity (Wildman–Crippen MR) is 69.9 cm³/mol. The molecule has 0 bridgehead atoms. The van der Waals surface area contributed by atoms with E-state index in [2.05, 4.69) is 16.9 Å². The number of nitrogens with two attached hydrogens (primary N) is 1. The van der Waals surface area contributed by atoms with Crippen molar-refractivity contribution in [1.82, 2.24) is 14.5 Å². The van der Waals surface area contributed by atoms with Gasteiger partial charge in [0.1, 0.15) is 5.52 Å². The van der Waals surface area contributed by atoms with Gasteiger partial charge in [-0.2, -0.15) is 0 Å². The first-order valence-corrected chi connectivity index (χ1v) is 6.27. The van der Waals surface area contributed by atoms with Gasteiger partial charge in [-0.25, -0.2) is 9.37 Å². The molecule has 0 saturated carbocycles. The fourth-order valence-electron chi connectivity index (χ4n) is 2.83. The van der Waals surface area contributed by atoms with Crippen LogP contribution in [0, 0.1) is 5.82 Å². The van der Waals surface area contributed by atoms with Gasteiger partial charge in [-0.15, -0.1) is 0 Å². The zero-order valence-corrected chi connectivity index (χ0v) is 10.4. The van der Waals surface area contributed by atoms with Gasteiger partial charge in [0.15, 0.2) is 5.82 Å². The molecular weight excluding hydrogens is 231 g/mol. The van der Waals surface area contributed by atoms with Crippen molar-refractivity contribution in [2.75, 3.05) is 25.9 Å². The number of likely N-dealkylation sites (N-methyl/N-ethyl adjacent to an activating group) is 1. The summed E-state index contributed by atoms with van der Waals surface area (Å²) in [5.41, 5.74) is 7.14. The monoisotopic (exact) mass is 248 g/mol. The van der Waals surface area contributed by atoms with Gasteiger partial charge in [0.2, 0.25) is 5.95 Å². The number of para-hydroxylation sites is 1. The van der Waals surface area contributed by atoms with Crippen molar-refractivity contribution >= 4 is 17.0 Å². The molecule has 4 nitrogen and oxygen atoms in total. The van der Waals surface area contributed by atoms with Crippen molar-refractivity contribution in [3.63, 3.8) is 0 Å². The summed E-state index contributed by atoms with van der Waals surface area (Å²) in [6.45, 7) is 2.05. The van der Waals surface area contributed by atoms with E-state index < -0.39 is 0 Å². The lowest BCUT2D eigenvalue weighted by Crippen LogP contribution is -2.33. The second-order valence-electron chi connectivity index (χ2n) is 5.01. The number of piperidine rings is 1. The molecule has 3 rings (SSSR count). The summed E-state index contributed by atoms with van der Waals surface area (Å²) in [5.74, 6) is 0.109. The van der Waals surface area contributed by atoms with Crippen LogP contribution in [0.5, 0.6) is 0 Å². The highest BCUT2D eigenvalue weighted by atomic mass is 19.1. The van der Waals surface area contributed by atoms with E-state index in [0.717, 1.165) is 31.4 Å². The molecule has 5 heteroatoms. The van der Waals surface area contributed by atoms with E-state index in [-0.39, 0.29) is 11.9 Å². The van der Waals surface area contributed by atoms with Crippen LogP contribution < -0.4 is 5.73 Å². The van der Waals surface area contributed by atoms with Gasteiger partial charge in [-0.3, -0.25) is 0 Å². The number of rotatable bonds is 1. The van der Waals surface area contributed by atoms with Gasteiger partial charge >= 0.3 is 0 Å². The van der Waals surface area contributed by atoms with Crippen molar-refractivity contribution in [2.24, 2.45) is 0 Å². The van der Waals surface area contributed by atoms with Crippen molar-refractivity contribution in [1.29, 1.82) is 0 Å². The van der Waals surface area contributed by atoms with Gasteiger partial charge in [0.25, 0.3) is 0 Å². The second kappa shape index (κ2) is 4.24. The van der Waals surface area contributed by atoms with Crippen LogP contribution in [0.3, 0.4) is 0 Å². The first kappa shape index (κ1) is 11.5. The summed E-state index contributed by atoms with van der Waals surface area (Å²) >= 11 is 0. The van der Waals surface area contributed by atoms with E-state index in [0.29, 0.717) is 11.5 Å². The minimum Gasteiger partial charge on any atom is -0.369 e. The Bertz CT molecular complexity index is 578. The van der Waals surface area contributed by atoms with Gasteiger partial charge in [-0.1, -0.05) is 6.07 Å². The van der Waals surface area contributed by atoms with Gasteiger partial charge in [0.05, 0.1) is 5.52 Å². The van der Waals surface area contributed by atoms with E-state index in [1.54, 1.807) is 6.07 Å². The number of fused-ring (bicyclic) bond motifs is 1. The average Bonchev–Trinajstić information content (AvgIpc) is 2.67. The summed E-state index contributed by atoms with van der Waals surface area (Å²) in [7, 11) is 2.10. The van der Waals surface area contributed by atoms with Crippen LogP contribution in [0.25, 0.3) is 11.0 Å². The minimum absolute atomic E-state index is 0.288. The maximum Gasteiger partial charge on any atom is 0.201 e.